The predicted molar refractivity (Wildman–Crippen MR) is 111 cm³/mol. The van der Waals surface area contributed by atoms with Crippen LogP contribution in [0.1, 0.15) is 19.4 Å². The highest BCUT2D eigenvalue weighted by Gasteiger charge is 2.65. The van der Waals surface area contributed by atoms with Crippen molar-refractivity contribution in [3.8, 4) is 17.2 Å². The van der Waals surface area contributed by atoms with Crippen molar-refractivity contribution in [3.63, 3.8) is 0 Å². The fraction of sp³-hybridized carbons (Fsp3) is 0.240. The van der Waals surface area contributed by atoms with E-state index in [0.29, 0.717) is 22.8 Å². The van der Waals surface area contributed by atoms with Crippen LogP contribution in [-0.2, 0) is 16.1 Å². The summed E-state index contributed by atoms with van der Waals surface area (Å²) in [5.74, 6) is -0.341. The average Bonchev–Trinajstić information content (AvgIpc) is 3.28. The molecule has 0 aliphatic heterocycles. The van der Waals surface area contributed by atoms with Gasteiger partial charge in [-0.25, -0.2) is 8.78 Å². The number of esters is 1. The van der Waals surface area contributed by atoms with Crippen LogP contribution in [0.2, 0.25) is 0 Å². The van der Waals surface area contributed by atoms with Crippen molar-refractivity contribution in [2.75, 3.05) is 0 Å². The monoisotopic (exact) mass is 424 g/mol. The first-order chi connectivity index (χ1) is 14.8. The number of ether oxygens (including phenoxy) is 3. The van der Waals surface area contributed by atoms with Gasteiger partial charge in [-0.15, -0.1) is 0 Å². The van der Waals surface area contributed by atoms with Crippen molar-refractivity contribution < 1.29 is 27.8 Å². The molecule has 0 saturated heterocycles. The van der Waals surface area contributed by atoms with Crippen LogP contribution in [0.4, 0.5) is 8.78 Å². The Morgan fingerprint density at radius 1 is 0.871 bits per heavy atom. The van der Waals surface area contributed by atoms with E-state index in [-0.39, 0.29) is 18.5 Å². The summed E-state index contributed by atoms with van der Waals surface area (Å²) in [5.41, 5.74) is 0.0587. The van der Waals surface area contributed by atoms with Crippen LogP contribution in [-0.4, -0.2) is 12.1 Å². The zero-order valence-electron chi connectivity index (χ0n) is 17.2. The van der Waals surface area contributed by atoms with Crippen LogP contribution in [0.15, 0.2) is 72.8 Å². The largest absolute Gasteiger partial charge is 0.489 e. The molecular formula is C25H22F2O4. The zero-order chi connectivity index (χ0) is 22.0. The summed E-state index contributed by atoms with van der Waals surface area (Å²) in [7, 11) is 0. The molecule has 1 aliphatic carbocycles. The molecule has 0 amide bonds. The molecule has 0 N–H and O–H groups in total. The van der Waals surface area contributed by atoms with Crippen molar-refractivity contribution in [1.29, 1.82) is 0 Å². The Bertz CT molecular complexity index is 1060. The predicted octanol–water partition coefficient (Wildman–Crippen LogP) is 5.90. The Morgan fingerprint density at radius 2 is 1.58 bits per heavy atom. The van der Waals surface area contributed by atoms with Crippen LogP contribution < -0.4 is 9.47 Å². The lowest BCUT2D eigenvalue weighted by Crippen LogP contribution is -2.12. The molecule has 0 spiro atoms. The number of halogens is 2. The van der Waals surface area contributed by atoms with Crippen molar-refractivity contribution in [2.24, 2.45) is 11.3 Å². The Balaban J connectivity index is 1.37. The third-order valence-corrected chi connectivity index (χ3v) is 5.35. The second-order valence-electron chi connectivity index (χ2n) is 8.11. The van der Waals surface area contributed by atoms with Gasteiger partial charge in [-0.2, -0.15) is 0 Å². The quantitative estimate of drug-likeness (QED) is 0.443. The molecule has 0 aromatic heterocycles. The molecule has 0 heterocycles. The number of carbonyl (C=O) groups excluding carboxylic acids is 1. The minimum absolute atomic E-state index is 0.0857. The molecule has 2 unspecified atom stereocenters. The summed E-state index contributed by atoms with van der Waals surface area (Å²) in [6.07, 6.45) is -0.380. The van der Waals surface area contributed by atoms with Gasteiger partial charge in [0.05, 0.1) is 0 Å². The Kier molecular flexibility index (Phi) is 5.63. The smallest absolute Gasteiger partial charge is 0.313 e. The molecule has 4 nitrogen and oxygen atoms in total. The molecule has 0 bridgehead atoms. The molecule has 4 rings (SSSR count). The summed E-state index contributed by atoms with van der Waals surface area (Å²) in [6.45, 7) is 3.72. The summed E-state index contributed by atoms with van der Waals surface area (Å²) < 4.78 is 44.0. The molecule has 3 aromatic rings. The molecule has 1 saturated carbocycles. The van der Waals surface area contributed by atoms with E-state index in [1.807, 2.05) is 32.0 Å². The normalized spacial score (nSPS) is 18.8. The van der Waals surface area contributed by atoms with Gasteiger partial charge in [0, 0.05) is 11.5 Å². The summed E-state index contributed by atoms with van der Waals surface area (Å²) in [4.78, 5) is 12.6. The second-order valence-corrected chi connectivity index (χ2v) is 8.11. The number of rotatable bonds is 7. The van der Waals surface area contributed by atoms with Crippen LogP contribution in [0.3, 0.4) is 0 Å². The van der Waals surface area contributed by atoms with Gasteiger partial charge >= 0.3 is 5.97 Å². The summed E-state index contributed by atoms with van der Waals surface area (Å²) >= 11 is 0. The van der Waals surface area contributed by atoms with Gasteiger partial charge in [0.2, 0.25) is 0 Å². The van der Waals surface area contributed by atoms with Crippen molar-refractivity contribution >= 4 is 5.97 Å². The van der Waals surface area contributed by atoms with E-state index in [9.17, 15) is 13.6 Å². The average molecular weight is 424 g/mol. The minimum atomic E-state index is -0.483. The van der Waals surface area contributed by atoms with Crippen molar-refractivity contribution in [3.05, 3.63) is 90.0 Å². The topological polar surface area (TPSA) is 44.8 Å². The van der Waals surface area contributed by atoms with E-state index in [1.165, 1.54) is 36.4 Å². The van der Waals surface area contributed by atoms with Gasteiger partial charge in [0.15, 0.2) is 0 Å². The van der Waals surface area contributed by atoms with Crippen LogP contribution in [0.25, 0.3) is 0 Å². The lowest BCUT2D eigenvalue weighted by atomic mass is 10.1. The molecule has 31 heavy (non-hydrogen) atoms. The molecule has 0 radical (unpaired) electrons. The number of benzene rings is 3. The first-order valence-corrected chi connectivity index (χ1v) is 9.94. The number of hydrogen-bond donors (Lipinski definition) is 0. The van der Waals surface area contributed by atoms with Gasteiger partial charge < -0.3 is 14.2 Å². The van der Waals surface area contributed by atoms with Gasteiger partial charge in [-0.05, 0) is 54.1 Å². The fourth-order valence-electron chi connectivity index (χ4n) is 3.53. The standard InChI is InChI=1S/C25H22F2O4/c1-25(2)22(23(25)31-20-10-8-17(26)9-11-20)24(28)29-15-16-12-18(27)14-21(13-16)30-19-6-4-3-5-7-19/h3-14,22-23H,15H2,1-2H3. The first-order valence-electron chi connectivity index (χ1n) is 9.94. The van der Waals surface area contributed by atoms with Gasteiger partial charge in [-0.3, -0.25) is 4.79 Å². The van der Waals surface area contributed by atoms with Crippen LogP contribution >= 0.6 is 0 Å². The molecule has 3 aromatic carbocycles. The maximum atomic E-state index is 14.0. The molecule has 1 aliphatic rings. The Hall–Kier alpha value is -3.41. The van der Waals surface area contributed by atoms with E-state index in [4.69, 9.17) is 14.2 Å². The third kappa shape index (κ3) is 4.85. The lowest BCUT2D eigenvalue weighted by Gasteiger charge is -2.09. The Morgan fingerprint density at radius 3 is 2.29 bits per heavy atom. The second kappa shape index (κ2) is 8.38. The molecule has 2 atom stereocenters. The number of hydrogen-bond acceptors (Lipinski definition) is 4. The Labute approximate surface area is 179 Å². The fourth-order valence-corrected chi connectivity index (χ4v) is 3.53. The SMILES string of the molecule is CC1(C)C(Oc2ccc(F)cc2)C1C(=O)OCc1cc(F)cc(Oc2ccccc2)c1. The van der Waals surface area contributed by atoms with Gasteiger partial charge in [0.1, 0.15) is 47.5 Å². The van der Waals surface area contributed by atoms with Crippen molar-refractivity contribution in [1.82, 2.24) is 0 Å². The summed E-state index contributed by atoms with van der Waals surface area (Å²) in [5, 5.41) is 0. The maximum absolute atomic E-state index is 14.0. The maximum Gasteiger partial charge on any atom is 0.313 e. The molecule has 6 heteroatoms. The minimum Gasteiger partial charge on any atom is -0.489 e. The van der Waals surface area contributed by atoms with Crippen molar-refractivity contribution in [2.45, 2.75) is 26.6 Å². The lowest BCUT2D eigenvalue weighted by molar-refractivity contribution is -0.147. The number of para-hydroxylation sites is 1. The van der Waals surface area contributed by atoms with E-state index in [2.05, 4.69) is 0 Å². The van der Waals surface area contributed by atoms with E-state index >= 15 is 0 Å². The van der Waals surface area contributed by atoms with Crippen LogP contribution in [0.5, 0.6) is 17.2 Å². The zero-order valence-corrected chi connectivity index (χ0v) is 17.2. The molecule has 1 fully saturated rings. The highest BCUT2D eigenvalue weighted by molar-refractivity contribution is 5.78. The number of carbonyl (C=O) groups is 1. The molecule has 160 valence electrons. The first kappa shape index (κ1) is 20.8. The highest BCUT2D eigenvalue weighted by atomic mass is 19.1. The van der Waals surface area contributed by atoms with Gasteiger partial charge in [0.25, 0.3) is 0 Å². The summed E-state index contributed by atoms with van der Waals surface area (Å²) in [6, 6.07) is 18.9. The van der Waals surface area contributed by atoms with Crippen LogP contribution in [0, 0.1) is 23.0 Å². The van der Waals surface area contributed by atoms with E-state index in [0.717, 1.165) is 0 Å². The molecular weight excluding hydrogens is 402 g/mol. The van der Waals surface area contributed by atoms with E-state index < -0.39 is 23.1 Å². The highest BCUT2D eigenvalue weighted by Crippen LogP contribution is 2.54. The third-order valence-electron chi connectivity index (χ3n) is 5.35. The van der Waals surface area contributed by atoms with E-state index in [1.54, 1.807) is 18.2 Å². The van der Waals surface area contributed by atoms with Gasteiger partial charge in [-0.1, -0.05) is 32.0 Å².